The van der Waals surface area contributed by atoms with Gasteiger partial charge in [-0.1, -0.05) is 42.5 Å². The second-order valence-electron chi connectivity index (χ2n) is 4.62. The number of benzene rings is 2. The summed E-state index contributed by atoms with van der Waals surface area (Å²) in [7, 11) is 0. The van der Waals surface area contributed by atoms with Crippen LogP contribution in [0.1, 0.15) is 16.7 Å². The van der Waals surface area contributed by atoms with E-state index in [0.717, 1.165) is 28.8 Å². The average molecular weight is 333 g/mol. The molecule has 2 nitrogen and oxygen atoms in total. The average Bonchev–Trinajstić information content (AvgIpc) is 2.81. The molecular weight excluding hydrogens is 320 g/mol. The molecule has 0 aliphatic carbocycles. The van der Waals surface area contributed by atoms with Crippen molar-refractivity contribution < 1.29 is 0 Å². The fraction of sp³-hybridized carbons (Fsp3) is 0.133. The fourth-order valence-electron chi connectivity index (χ4n) is 2.52. The van der Waals surface area contributed by atoms with Crippen LogP contribution in [-0.4, -0.2) is 4.99 Å². The zero-order valence-electron chi connectivity index (χ0n) is 10.3. The highest BCUT2D eigenvalue weighted by atomic mass is 79.9. The maximum atomic E-state index is 5.86. The number of thiocarbonyl (C=S) groups is 1. The summed E-state index contributed by atoms with van der Waals surface area (Å²) in [5, 5.41) is 0. The van der Waals surface area contributed by atoms with Crippen molar-refractivity contribution in [2.24, 2.45) is 5.73 Å². The van der Waals surface area contributed by atoms with Gasteiger partial charge in [-0.2, -0.15) is 0 Å². The van der Waals surface area contributed by atoms with E-state index < -0.39 is 0 Å². The highest BCUT2D eigenvalue weighted by Gasteiger charge is 2.22. The zero-order valence-corrected chi connectivity index (χ0v) is 12.7. The third-order valence-corrected chi connectivity index (χ3v) is 4.28. The van der Waals surface area contributed by atoms with Crippen LogP contribution in [0.15, 0.2) is 46.9 Å². The largest absolute Gasteiger partial charge is 0.389 e. The minimum Gasteiger partial charge on any atom is -0.389 e. The van der Waals surface area contributed by atoms with Crippen LogP contribution in [0, 0.1) is 0 Å². The van der Waals surface area contributed by atoms with Crippen molar-refractivity contribution in [3.63, 3.8) is 0 Å². The van der Waals surface area contributed by atoms with Gasteiger partial charge in [-0.05, 0) is 39.2 Å². The summed E-state index contributed by atoms with van der Waals surface area (Å²) >= 11 is 8.72. The molecule has 1 aliphatic heterocycles. The lowest BCUT2D eigenvalue weighted by Gasteiger charge is -2.21. The van der Waals surface area contributed by atoms with Gasteiger partial charge in [0, 0.05) is 28.8 Å². The lowest BCUT2D eigenvalue weighted by molar-refractivity contribution is 0.879. The summed E-state index contributed by atoms with van der Waals surface area (Å²) in [6.45, 7) is 1.81. The summed E-state index contributed by atoms with van der Waals surface area (Å²) in [5.74, 6) is 0. The first kappa shape index (κ1) is 12.6. The van der Waals surface area contributed by atoms with Crippen LogP contribution in [0.25, 0.3) is 0 Å². The van der Waals surface area contributed by atoms with Gasteiger partial charge in [-0.15, -0.1) is 0 Å². The summed E-state index contributed by atoms with van der Waals surface area (Å²) in [5.41, 5.74) is 10.6. The van der Waals surface area contributed by atoms with Gasteiger partial charge >= 0.3 is 0 Å². The van der Waals surface area contributed by atoms with E-state index in [1.54, 1.807) is 0 Å². The molecular formula is C15H13BrN2S. The molecule has 0 saturated heterocycles. The smallest absolute Gasteiger partial charge is 0.107 e. The normalized spacial score (nSPS) is 13.4. The van der Waals surface area contributed by atoms with E-state index >= 15 is 0 Å². The van der Waals surface area contributed by atoms with Crippen molar-refractivity contribution in [3.05, 3.63) is 63.6 Å². The molecule has 0 saturated carbocycles. The summed E-state index contributed by atoms with van der Waals surface area (Å²) in [4.78, 5) is 2.74. The van der Waals surface area contributed by atoms with Crippen LogP contribution >= 0.6 is 28.1 Å². The maximum Gasteiger partial charge on any atom is 0.107 e. The number of nitrogens with zero attached hydrogens (tertiary/aromatic N) is 1. The second-order valence-corrected chi connectivity index (χ2v) is 5.92. The summed E-state index contributed by atoms with van der Waals surface area (Å²) in [6.07, 6.45) is 0. The van der Waals surface area contributed by atoms with Crippen molar-refractivity contribution in [3.8, 4) is 0 Å². The standard InChI is InChI=1S/C15H13BrN2S/c16-12-6-3-7-13(14(12)15(17)19)18-8-10-4-1-2-5-11(10)9-18/h1-7H,8-9H2,(H2,17,19). The predicted molar refractivity (Wildman–Crippen MR) is 86.4 cm³/mol. The van der Waals surface area contributed by atoms with E-state index in [0.29, 0.717) is 4.99 Å². The number of anilines is 1. The Hall–Kier alpha value is -1.39. The highest BCUT2D eigenvalue weighted by molar-refractivity contribution is 9.10. The Labute approximate surface area is 126 Å². The highest BCUT2D eigenvalue weighted by Crippen LogP contribution is 2.33. The van der Waals surface area contributed by atoms with E-state index in [1.807, 2.05) is 12.1 Å². The van der Waals surface area contributed by atoms with E-state index in [9.17, 15) is 0 Å². The van der Waals surface area contributed by atoms with E-state index in [-0.39, 0.29) is 0 Å². The Morgan fingerprint density at radius 2 is 1.68 bits per heavy atom. The van der Waals surface area contributed by atoms with Crippen LogP contribution in [0.4, 0.5) is 5.69 Å². The lowest BCUT2D eigenvalue weighted by Crippen LogP contribution is -2.21. The number of halogens is 1. The Balaban J connectivity index is 2.02. The molecule has 2 aromatic rings. The Kier molecular flexibility index (Phi) is 3.29. The first-order chi connectivity index (χ1) is 9.16. The molecule has 4 heteroatoms. The van der Waals surface area contributed by atoms with Gasteiger partial charge in [0.25, 0.3) is 0 Å². The zero-order chi connectivity index (χ0) is 13.4. The quantitative estimate of drug-likeness (QED) is 0.852. The van der Waals surface area contributed by atoms with Crippen molar-refractivity contribution in [1.82, 2.24) is 0 Å². The molecule has 0 spiro atoms. The first-order valence-electron chi connectivity index (χ1n) is 6.07. The summed E-state index contributed by atoms with van der Waals surface area (Å²) < 4.78 is 0.952. The Bertz CT molecular complexity index is 629. The van der Waals surface area contributed by atoms with Gasteiger partial charge < -0.3 is 10.6 Å². The van der Waals surface area contributed by atoms with Crippen LogP contribution < -0.4 is 10.6 Å². The van der Waals surface area contributed by atoms with Crippen molar-refractivity contribution in [1.29, 1.82) is 0 Å². The first-order valence-corrected chi connectivity index (χ1v) is 7.27. The van der Waals surface area contributed by atoms with Gasteiger partial charge in [0.15, 0.2) is 0 Å². The molecule has 1 heterocycles. The molecule has 0 atom stereocenters. The molecule has 0 amide bonds. The van der Waals surface area contributed by atoms with Crippen molar-refractivity contribution in [2.75, 3.05) is 4.90 Å². The minimum absolute atomic E-state index is 0.429. The van der Waals surface area contributed by atoms with Crippen LogP contribution in [0.2, 0.25) is 0 Å². The van der Waals surface area contributed by atoms with E-state index in [4.69, 9.17) is 18.0 Å². The third-order valence-electron chi connectivity index (χ3n) is 3.42. The maximum absolute atomic E-state index is 5.86. The SMILES string of the molecule is NC(=S)c1c(Br)cccc1N1Cc2ccccc2C1. The van der Waals surface area contributed by atoms with Gasteiger partial charge in [0.1, 0.15) is 4.99 Å². The molecule has 19 heavy (non-hydrogen) atoms. The molecule has 1 aliphatic rings. The second kappa shape index (κ2) is 4.94. The number of hydrogen-bond acceptors (Lipinski definition) is 2. The van der Waals surface area contributed by atoms with Gasteiger partial charge in [-0.3, -0.25) is 0 Å². The van der Waals surface area contributed by atoms with Crippen LogP contribution in [-0.2, 0) is 13.1 Å². The Morgan fingerprint density at radius 3 is 2.26 bits per heavy atom. The molecule has 0 bridgehead atoms. The molecule has 0 fully saturated rings. The number of rotatable bonds is 2. The molecule has 96 valence electrons. The topological polar surface area (TPSA) is 29.3 Å². The number of nitrogens with two attached hydrogens (primary N) is 1. The molecule has 3 rings (SSSR count). The van der Waals surface area contributed by atoms with Gasteiger partial charge in [0.05, 0.1) is 0 Å². The number of hydrogen-bond donors (Lipinski definition) is 1. The molecule has 0 unspecified atom stereocenters. The molecule has 0 radical (unpaired) electrons. The van der Waals surface area contributed by atoms with Crippen molar-refractivity contribution in [2.45, 2.75) is 13.1 Å². The van der Waals surface area contributed by atoms with E-state index in [1.165, 1.54) is 11.1 Å². The van der Waals surface area contributed by atoms with Gasteiger partial charge in [-0.25, -0.2) is 0 Å². The van der Waals surface area contributed by atoms with Gasteiger partial charge in [0.2, 0.25) is 0 Å². The number of fused-ring (bicyclic) bond motifs is 1. The lowest BCUT2D eigenvalue weighted by atomic mass is 10.1. The fourth-order valence-corrected chi connectivity index (χ4v) is 3.44. The van der Waals surface area contributed by atoms with Crippen molar-refractivity contribution >= 4 is 38.8 Å². The van der Waals surface area contributed by atoms with Crippen LogP contribution in [0.5, 0.6) is 0 Å². The molecule has 2 N–H and O–H groups in total. The Morgan fingerprint density at radius 1 is 1.05 bits per heavy atom. The van der Waals surface area contributed by atoms with E-state index in [2.05, 4.69) is 51.2 Å². The third kappa shape index (κ3) is 2.26. The monoisotopic (exact) mass is 332 g/mol. The molecule has 0 aromatic heterocycles. The minimum atomic E-state index is 0.429. The van der Waals surface area contributed by atoms with Crippen LogP contribution in [0.3, 0.4) is 0 Å². The predicted octanol–water partition coefficient (Wildman–Crippen LogP) is 3.60. The molecule has 2 aromatic carbocycles. The summed E-state index contributed by atoms with van der Waals surface area (Å²) in [6, 6.07) is 14.6.